The average Bonchev–Trinajstić information content (AvgIpc) is 2.09. The summed E-state index contributed by atoms with van der Waals surface area (Å²) in [6.45, 7) is 4.07. The highest BCUT2D eigenvalue weighted by atomic mass is 35.5. The molecule has 0 fully saturated rings. The second-order valence-electron chi connectivity index (χ2n) is 3.02. The zero-order chi connectivity index (χ0) is 9.84. The maximum Gasteiger partial charge on any atom is 0.142 e. The molecule has 1 atom stereocenters. The highest BCUT2D eigenvalue weighted by Crippen LogP contribution is 2.26. The maximum atomic E-state index is 5.75. The Morgan fingerprint density at radius 2 is 2.23 bits per heavy atom. The average molecular weight is 200 g/mol. The van der Waals surface area contributed by atoms with Crippen molar-refractivity contribution >= 4 is 17.3 Å². The zero-order valence-electron chi connectivity index (χ0n) is 7.88. The van der Waals surface area contributed by atoms with Crippen molar-refractivity contribution in [1.82, 2.24) is 0 Å². The van der Waals surface area contributed by atoms with Gasteiger partial charge in [0.2, 0.25) is 0 Å². The predicted octanol–water partition coefficient (Wildman–Crippen LogP) is 3.10. The summed E-state index contributed by atoms with van der Waals surface area (Å²) < 4.78 is 5.57. The first kappa shape index (κ1) is 10.2. The lowest BCUT2D eigenvalue weighted by atomic mass is 10.3. The van der Waals surface area contributed by atoms with E-state index < -0.39 is 0 Å². The summed E-state index contributed by atoms with van der Waals surface area (Å²) in [6.07, 6.45) is 1.14. The molecule has 1 unspecified atom stereocenters. The molecule has 0 radical (unpaired) electrons. The van der Waals surface area contributed by atoms with Gasteiger partial charge in [-0.3, -0.25) is 0 Å². The van der Waals surface area contributed by atoms with E-state index in [0.717, 1.165) is 6.42 Å². The van der Waals surface area contributed by atoms with Crippen LogP contribution in [-0.4, -0.2) is 6.10 Å². The van der Waals surface area contributed by atoms with E-state index in [0.29, 0.717) is 16.5 Å². The van der Waals surface area contributed by atoms with Gasteiger partial charge in [-0.1, -0.05) is 18.5 Å². The largest absolute Gasteiger partial charge is 0.489 e. The third-order valence-corrected chi connectivity index (χ3v) is 2.11. The van der Waals surface area contributed by atoms with Crippen LogP contribution in [0.1, 0.15) is 20.3 Å². The Balaban J connectivity index is 2.77. The van der Waals surface area contributed by atoms with Crippen LogP contribution in [0, 0.1) is 0 Å². The fraction of sp³-hybridized carbons (Fsp3) is 0.400. The van der Waals surface area contributed by atoms with Crippen LogP contribution in [0.5, 0.6) is 5.75 Å². The van der Waals surface area contributed by atoms with E-state index in [1.807, 2.05) is 6.92 Å². The molecule has 0 aromatic heterocycles. The molecule has 2 N–H and O–H groups in total. The lowest BCUT2D eigenvalue weighted by molar-refractivity contribution is 0.219. The molecule has 0 saturated heterocycles. The molecule has 0 aliphatic carbocycles. The van der Waals surface area contributed by atoms with Crippen molar-refractivity contribution in [3.63, 3.8) is 0 Å². The molecule has 0 amide bonds. The Bertz CT molecular complexity index is 288. The van der Waals surface area contributed by atoms with Gasteiger partial charge in [-0.25, -0.2) is 0 Å². The van der Waals surface area contributed by atoms with Gasteiger partial charge in [-0.05, 0) is 31.5 Å². The van der Waals surface area contributed by atoms with Crippen LogP contribution in [0.4, 0.5) is 5.69 Å². The predicted molar refractivity (Wildman–Crippen MR) is 56.2 cm³/mol. The summed E-state index contributed by atoms with van der Waals surface area (Å²) in [6, 6.07) is 5.26. The van der Waals surface area contributed by atoms with E-state index in [1.165, 1.54) is 0 Å². The molecule has 72 valence electrons. The molecule has 3 heteroatoms. The number of rotatable bonds is 3. The highest BCUT2D eigenvalue weighted by Gasteiger charge is 2.04. The van der Waals surface area contributed by atoms with Gasteiger partial charge in [-0.15, -0.1) is 0 Å². The van der Waals surface area contributed by atoms with E-state index in [4.69, 9.17) is 22.1 Å². The van der Waals surface area contributed by atoms with Gasteiger partial charge >= 0.3 is 0 Å². The minimum Gasteiger partial charge on any atom is -0.489 e. The molecule has 2 nitrogen and oxygen atoms in total. The van der Waals surface area contributed by atoms with Crippen LogP contribution in [0.3, 0.4) is 0 Å². The molecule has 13 heavy (non-hydrogen) atoms. The molecule has 0 heterocycles. The molecule has 0 saturated carbocycles. The Hall–Kier alpha value is -0.890. The van der Waals surface area contributed by atoms with Gasteiger partial charge in [0.25, 0.3) is 0 Å². The second kappa shape index (κ2) is 4.38. The molecule has 1 aromatic carbocycles. The molecule has 0 aliphatic rings. The van der Waals surface area contributed by atoms with E-state index in [9.17, 15) is 0 Å². The quantitative estimate of drug-likeness (QED) is 0.760. The standard InChI is InChI=1S/C10H14ClNO/c1-3-7(2)13-10-5-4-8(11)6-9(10)12/h4-7H,3,12H2,1-2H3. The van der Waals surface area contributed by atoms with E-state index in [2.05, 4.69) is 6.92 Å². The number of nitrogens with two attached hydrogens (primary N) is 1. The van der Waals surface area contributed by atoms with Crippen LogP contribution in [0.25, 0.3) is 0 Å². The molecule has 0 aliphatic heterocycles. The number of nitrogen functional groups attached to an aromatic ring is 1. The fourth-order valence-corrected chi connectivity index (χ4v) is 1.11. The summed E-state index contributed by atoms with van der Waals surface area (Å²) in [5.74, 6) is 0.707. The Morgan fingerprint density at radius 3 is 2.77 bits per heavy atom. The van der Waals surface area contributed by atoms with Gasteiger partial charge in [0.15, 0.2) is 0 Å². The molecule has 1 aromatic rings. The number of ether oxygens (including phenoxy) is 1. The lowest BCUT2D eigenvalue weighted by Gasteiger charge is -2.14. The van der Waals surface area contributed by atoms with Crippen molar-refractivity contribution in [2.75, 3.05) is 5.73 Å². The SMILES string of the molecule is CCC(C)Oc1ccc(Cl)cc1N. The first-order valence-corrected chi connectivity index (χ1v) is 4.73. The van der Waals surface area contributed by atoms with Crippen molar-refractivity contribution in [2.24, 2.45) is 0 Å². The normalized spacial score (nSPS) is 12.5. The van der Waals surface area contributed by atoms with Crippen LogP contribution in [0.2, 0.25) is 5.02 Å². The minimum atomic E-state index is 0.184. The lowest BCUT2D eigenvalue weighted by Crippen LogP contribution is -2.10. The van der Waals surface area contributed by atoms with Crippen LogP contribution >= 0.6 is 11.6 Å². The third kappa shape index (κ3) is 2.81. The Morgan fingerprint density at radius 1 is 1.54 bits per heavy atom. The van der Waals surface area contributed by atoms with Gasteiger partial charge in [0.1, 0.15) is 5.75 Å². The number of anilines is 1. The number of hydrogen-bond donors (Lipinski definition) is 1. The minimum absolute atomic E-state index is 0.184. The summed E-state index contributed by atoms with van der Waals surface area (Å²) in [5, 5.41) is 0.633. The molecular weight excluding hydrogens is 186 g/mol. The molecular formula is C10H14ClNO. The maximum absolute atomic E-state index is 5.75. The van der Waals surface area contributed by atoms with Crippen LogP contribution in [-0.2, 0) is 0 Å². The van der Waals surface area contributed by atoms with Crippen LogP contribution < -0.4 is 10.5 Å². The monoisotopic (exact) mass is 199 g/mol. The van der Waals surface area contributed by atoms with E-state index in [1.54, 1.807) is 18.2 Å². The highest BCUT2D eigenvalue weighted by molar-refractivity contribution is 6.30. The van der Waals surface area contributed by atoms with Crippen molar-refractivity contribution in [1.29, 1.82) is 0 Å². The molecule has 0 spiro atoms. The van der Waals surface area contributed by atoms with Crippen molar-refractivity contribution in [2.45, 2.75) is 26.4 Å². The molecule has 0 bridgehead atoms. The third-order valence-electron chi connectivity index (χ3n) is 1.87. The number of hydrogen-bond acceptors (Lipinski definition) is 2. The van der Waals surface area contributed by atoms with Gasteiger partial charge in [-0.2, -0.15) is 0 Å². The summed E-state index contributed by atoms with van der Waals surface area (Å²) in [4.78, 5) is 0. The van der Waals surface area contributed by atoms with E-state index >= 15 is 0 Å². The summed E-state index contributed by atoms with van der Waals surface area (Å²) in [7, 11) is 0. The molecule has 1 rings (SSSR count). The van der Waals surface area contributed by atoms with Crippen molar-refractivity contribution in [3.8, 4) is 5.75 Å². The van der Waals surface area contributed by atoms with Crippen molar-refractivity contribution < 1.29 is 4.74 Å². The van der Waals surface area contributed by atoms with Gasteiger partial charge < -0.3 is 10.5 Å². The van der Waals surface area contributed by atoms with Gasteiger partial charge in [0.05, 0.1) is 11.8 Å². The first-order chi connectivity index (χ1) is 6.13. The topological polar surface area (TPSA) is 35.2 Å². The second-order valence-corrected chi connectivity index (χ2v) is 3.46. The van der Waals surface area contributed by atoms with E-state index in [-0.39, 0.29) is 6.10 Å². The summed E-state index contributed by atoms with van der Waals surface area (Å²) >= 11 is 5.75. The Kier molecular flexibility index (Phi) is 3.43. The summed E-state index contributed by atoms with van der Waals surface area (Å²) in [5.41, 5.74) is 6.31. The Labute approximate surface area is 83.6 Å². The first-order valence-electron chi connectivity index (χ1n) is 4.35. The number of benzene rings is 1. The van der Waals surface area contributed by atoms with Gasteiger partial charge in [0, 0.05) is 5.02 Å². The van der Waals surface area contributed by atoms with Crippen LogP contribution in [0.15, 0.2) is 18.2 Å². The number of halogens is 1. The smallest absolute Gasteiger partial charge is 0.142 e. The fourth-order valence-electron chi connectivity index (χ4n) is 0.927. The van der Waals surface area contributed by atoms with Crippen molar-refractivity contribution in [3.05, 3.63) is 23.2 Å². The zero-order valence-corrected chi connectivity index (χ0v) is 8.64.